The molecule has 3 rings (SSSR count). The van der Waals surface area contributed by atoms with Gasteiger partial charge in [-0.1, -0.05) is 106 Å². The summed E-state index contributed by atoms with van der Waals surface area (Å²) in [6.45, 7) is 3.60. The Balaban J connectivity index is 1.44. The van der Waals surface area contributed by atoms with Gasteiger partial charge in [0.05, 0.1) is 11.9 Å². The zero-order valence-corrected chi connectivity index (χ0v) is 25.9. The van der Waals surface area contributed by atoms with Crippen molar-refractivity contribution in [2.24, 2.45) is 0 Å². The van der Waals surface area contributed by atoms with E-state index in [0.717, 1.165) is 29.1 Å². The molecule has 0 aliphatic carbocycles. The lowest BCUT2D eigenvalue weighted by Gasteiger charge is -2.30. The van der Waals surface area contributed by atoms with Crippen LogP contribution >= 0.6 is 24.2 Å². The maximum Gasteiger partial charge on any atom is 0.137 e. The highest BCUT2D eigenvalue weighted by Crippen LogP contribution is 2.23. The smallest absolute Gasteiger partial charge is 0.137 e. The van der Waals surface area contributed by atoms with Crippen LogP contribution in [0.15, 0.2) is 73.3 Å². The molecule has 1 aromatic heterocycles. The number of nitrogens with one attached hydrogen (secondary N) is 1. The monoisotopic (exact) mass is 581 g/mol. The third-order valence-electron chi connectivity index (χ3n) is 7.19. The molecule has 0 fully saturated rings. The lowest BCUT2D eigenvalue weighted by Crippen LogP contribution is -2.36. The minimum Gasteiger partial charge on any atom is -0.318 e. The van der Waals surface area contributed by atoms with Crippen molar-refractivity contribution >= 4 is 29.9 Å². The molecule has 3 aromatic rings. The van der Waals surface area contributed by atoms with Crippen molar-refractivity contribution in [3.8, 4) is 0 Å². The molecule has 0 aliphatic heterocycles. The van der Waals surface area contributed by atoms with Gasteiger partial charge in [0.2, 0.25) is 0 Å². The van der Waals surface area contributed by atoms with Crippen molar-refractivity contribution < 1.29 is 0 Å². The molecule has 40 heavy (non-hydrogen) atoms. The average molecular weight is 582 g/mol. The standard InChI is InChI=1S/C33H48ClN5S/c1-2-3-4-5-6-7-8-9-10-11-12-13-14-18-21-33(40)39(37-32-19-16-15-17-20-32)26-29-22-23-31(34)24-30(29)25-38-28-35-27-36-38/h9-10,15-17,19-20,22-24,27-28,33,37,40H,2-8,11-14,18,21,25-26H2,1H3. The van der Waals surface area contributed by atoms with E-state index in [9.17, 15) is 0 Å². The Kier molecular flexibility index (Phi) is 15.9. The molecule has 0 radical (unpaired) electrons. The average Bonchev–Trinajstić information content (AvgIpc) is 3.48. The van der Waals surface area contributed by atoms with Gasteiger partial charge in [0.15, 0.2) is 0 Å². The number of benzene rings is 2. The summed E-state index contributed by atoms with van der Waals surface area (Å²) < 4.78 is 1.83. The van der Waals surface area contributed by atoms with Gasteiger partial charge < -0.3 is 5.43 Å². The van der Waals surface area contributed by atoms with Crippen molar-refractivity contribution in [2.45, 2.75) is 109 Å². The highest BCUT2D eigenvalue weighted by atomic mass is 35.5. The number of anilines is 1. The van der Waals surface area contributed by atoms with E-state index >= 15 is 0 Å². The quantitative estimate of drug-likeness (QED) is 0.0432. The lowest BCUT2D eigenvalue weighted by molar-refractivity contribution is 0.285. The Morgan fingerprint density at radius 3 is 2.30 bits per heavy atom. The van der Waals surface area contributed by atoms with Crippen LogP contribution in [0.25, 0.3) is 0 Å². The SMILES string of the molecule is CCCCCCCCC=CCCCCCCC(S)N(Cc1ccc(Cl)cc1Cn1cncn1)Nc1ccccc1. The minimum absolute atomic E-state index is 0.0762. The van der Waals surface area contributed by atoms with Crippen LogP contribution in [0.4, 0.5) is 5.69 Å². The molecule has 1 unspecified atom stereocenters. The molecule has 0 bridgehead atoms. The second-order valence-electron chi connectivity index (χ2n) is 10.6. The molecule has 7 heteroatoms. The van der Waals surface area contributed by atoms with Crippen molar-refractivity contribution in [3.63, 3.8) is 0 Å². The van der Waals surface area contributed by atoms with E-state index in [1.54, 1.807) is 12.7 Å². The molecule has 5 nitrogen and oxygen atoms in total. The number of allylic oxidation sites excluding steroid dienone is 2. The van der Waals surface area contributed by atoms with Crippen LogP contribution in [-0.4, -0.2) is 25.1 Å². The van der Waals surface area contributed by atoms with Crippen LogP contribution in [0.1, 0.15) is 102 Å². The molecule has 0 saturated heterocycles. The topological polar surface area (TPSA) is 46.0 Å². The lowest BCUT2D eigenvalue weighted by atomic mass is 10.1. The molecule has 1 heterocycles. The summed E-state index contributed by atoms with van der Waals surface area (Å²) in [5, 5.41) is 7.31. The van der Waals surface area contributed by atoms with Crippen molar-refractivity contribution in [1.82, 2.24) is 19.8 Å². The van der Waals surface area contributed by atoms with Gasteiger partial charge in [0.25, 0.3) is 0 Å². The van der Waals surface area contributed by atoms with Crippen molar-refractivity contribution in [3.05, 3.63) is 89.5 Å². The van der Waals surface area contributed by atoms with E-state index in [1.165, 1.54) is 76.2 Å². The van der Waals surface area contributed by atoms with Gasteiger partial charge in [-0.15, -0.1) is 0 Å². The number of hydrogen-bond acceptors (Lipinski definition) is 5. The number of rotatable bonds is 21. The number of hydrogen-bond donors (Lipinski definition) is 2. The van der Waals surface area contributed by atoms with Crippen molar-refractivity contribution in [1.29, 1.82) is 0 Å². The first-order valence-corrected chi connectivity index (χ1v) is 16.1. The Hall–Kier alpha value is -2.28. The number of para-hydroxylation sites is 1. The maximum atomic E-state index is 6.37. The van der Waals surface area contributed by atoms with E-state index in [4.69, 9.17) is 24.2 Å². The highest BCUT2D eigenvalue weighted by molar-refractivity contribution is 7.80. The molecule has 218 valence electrons. The summed E-state index contributed by atoms with van der Waals surface area (Å²) >= 11 is 11.4. The van der Waals surface area contributed by atoms with Gasteiger partial charge in [-0.05, 0) is 67.5 Å². The summed E-state index contributed by atoms with van der Waals surface area (Å²) in [5.74, 6) is 0. The second-order valence-corrected chi connectivity index (χ2v) is 11.6. The Bertz CT molecular complexity index is 1070. The van der Waals surface area contributed by atoms with E-state index in [-0.39, 0.29) is 5.37 Å². The summed E-state index contributed by atoms with van der Waals surface area (Å²) in [6.07, 6.45) is 24.7. The first-order valence-electron chi connectivity index (χ1n) is 15.2. The Labute approximate surface area is 252 Å². The zero-order valence-electron chi connectivity index (χ0n) is 24.2. The van der Waals surface area contributed by atoms with E-state index in [2.05, 4.69) is 69.9 Å². The summed E-state index contributed by atoms with van der Waals surface area (Å²) in [5.41, 5.74) is 6.98. The largest absolute Gasteiger partial charge is 0.318 e. The summed E-state index contributed by atoms with van der Waals surface area (Å²) in [7, 11) is 0. The number of nitrogens with zero attached hydrogens (tertiary/aromatic N) is 4. The van der Waals surface area contributed by atoms with Gasteiger partial charge >= 0.3 is 0 Å². The molecular formula is C33H48ClN5S. The first kappa shape index (κ1) is 32.2. The minimum atomic E-state index is 0.0762. The van der Waals surface area contributed by atoms with Crippen LogP contribution in [0.2, 0.25) is 5.02 Å². The summed E-state index contributed by atoms with van der Waals surface area (Å²) in [6, 6.07) is 16.4. The first-order chi connectivity index (χ1) is 19.7. The van der Waals surface area contributed by atoms with Gasteiger partial charge in [-0.25, -0.2) is 14.7 Å². The fourth-order valence-corrected chi connectivity index (χ4v) is 5.36. The van der Waals surface area contributed by atoms with Crippen LogP contribution in [0.5, 0.6) is 0 Å². The Morgan fingerprint density at radius 1 is 0.900 bits per heavy atom. The van der Waals surface area contributed by atoms with E-state index in [0.29, 0.717) is 13.1 Å². The molecule has 1 N–H and O–H groups in total. The molecule has 0 saturated carbocycles. The number of thiol groups is 1. The van der Waals surface area contributed by atoms with Gasteiger partial charge in [-0.3, -0.25) is 0 Å². The van der Waals surface area contributed by atoms with Crippen LogP contribution in [0.3, 0.4) is 0 Å². The normalized spacial score (nSPS) is 12.4. The van der Waals surface area contributed by atoms with Crippen molar-refractivity contribution in [2.75, 3.05) is 5.43 Å². The van der Waals surface area contributed by atoms with Gasteiger partial charge in [-0.2, -0.15) is 17.7 Å². The second kappa shape index (κ2) is 19.7. The fraction of sp³-hybridized carbons (Fsp3) is 0.515. The van der Waals surface area contributed by atoms with Crippen LogP contribution in [-0.2, 0) is 13.1 Å². The number of unbranched alkanes of at least 4 members (excludes halogenated alkanes) is 10. The van der Waals surface area contributed by atoms with Gasteiger partial charge in [0.1, 0.15) is 12.7 Å². The molecule has 2 aromatic carbocycles. The number of hydrazine groups is 1. The molecule has 1 atom stereocenters. The molecular weight excluding hydrogens is 534 g/mol. The zero-order chi connectivity index (χ0) is 28.3. The highest BCUT2D eigenvalue weighted by Gasteiger charge is 2.17. The van der Waals surface area contributed by atoms with E-state index < -0.39 is 0 Å². The van der Waals surface area contributed by atoms with Crippen LogP contribution in [0, 0.1) is 0 Å². The molecule has 0 aliphatic rings. The Morgan fingerprint density at radius 2 is 1.60 bits per heavy atom. The van der Waals surface area contributed by atoms with E-state index in [1.807, 2.05) is 22.9 Å². The molecule has 0 amide bonds. The maximum absolute atomic E-state index is 6.37. The summed E-state index contributed by atoms with van der Waals surface area (Å²) in [4.78, 5) is 4.08. The van der Waals surface area contributed by atoms with Gasteiger partial charge in [0, 0.05) is 17.3 Å². The predicted octanol–water partition coefficient (Wildman–Crippen LogP) is 9.71. The predicted molar refractivity (Wildman–Crippen MR) is 174 cm³/mol. The third kappa shape index (κ3) is 12.9. The third-order valence-corrected chi connectivity index (χ3v) is 7.96. The van der Waals surface area contributed by atoms with Crippen LogP contribution < -0.4 is 5.43 Å². The number of aromatic nitrogens is 3. The molecule has 0 spiro atoms. The fourth-order valence-electron chi connectivity index (χ4n) is 4.84. The number of halogens is 1.